The third-order valence-corrected chi connectivity index (χ3v) is 4.42. The molecule has 0 spiro atoms. The van der Waals surface area contributed by atoms with E-state index in [9.17, 15) is 4.79 Å². The van der Waals surface area contributed by atoms with Crippen molar-refractivity contribution >= 4 is 27.5 Å². The monoisotopic (exact) mass is 320 g/mol. The highest BCUT2D eigenvalue weighted by atomic mass is 32.1. The van der Waals surface area contributed by atoms with E-state index in [1.54, 1.807) is 11.3 Å². The number of ether oxygens (including phenoxy) is 1. The minimum Gasteiger partial charge on any atom is -0.494 e. The van der Waals surface area contributed by atoms with E-state index in [1.807, 2.05) is 19.1 Å². The van der Waals surface area contributed by atoms with Crippen molar-refractivity contribution in [1.82, 2.24) is 4.57 Å². The van der Waals surface area contributed by atoms with Crippen LogP contribution < -0.4 is 9.54 Å². The number of amides is 1. The zero-order valence-corrected chi connectivity index (χ0v) is 14.4. The molecule has 1 amide bonds. The van der Waals surface area contributed by atoms with Crippen molar-refractivity contribution in [1.29, 1.82) is 0 Å². The third kappa shape index (κ3) is 3.97. The van der Waals surface area contributed by atoms with Gasteiger partial charge in [-0.05, 0) is 38.0 Å². The fourth-order valence-corrected chi connectivity index (χ4v) is 3.43. The second kappa shape index (κ2) is 8.13. The Morgan fingerprint density at radius 3 is 2.77 bits per heavy atom. The number of nitrogens with zero attached hydrogens (tertiary/aromatic N) is 2. The Bertz CT molecular complexity index is 700. The lowest BCUT2D eigenvalue weighted by Crippen LogP contribution is -2.16. The Balaban J connectivity index is 2.45. The zero-order valence-electron chi connectivity index (χ0n) is 13.6. The van der Waals surface area contributed by atoms with E-state index in [1.165, 1.54) is 0 Å². The number of thiazole rings is 1. The van der Waals surface area contributed by atoms with Gasteiger partial charge >= 0.3 is 0 Å². The average molecular weight is 320 g/mol. The van der Waals surface area contributed by atoms with Crippen molar-refractivity contribution in [3.8, 4) is 5.75 Å². The topological polar surface area (TPSA) is 43.6 Å². The van der Waals surface area contributed by atoms with Gasteiger partial charge in [-0.15, -0.1) is 0 Å². The quantitative estimate of drug-likeness (QED) is 0.770. The van der Waals surface area contributed by atoms with Gasteiger partial charge in [-0.3, -0.25) is 4.79 Å². The fraction of sp³-hybridized carbons (Fsp3) is 0.529. The first kappa shape index (κ1) is 16.7. The van der Waals surface area contributed by atoms with Gasteiger partial charge in [0.15, 0.2) is 4.80 Å². The molecule has 120 valence electrons. The number of unbranched alkanes of at least 4 members (excludes halogenated alkanes) is 1. The maximum Gasteiger partial charge on any atom is 0.248 e. The standard InChI is InChI=1S/C17H24N2O2S/c1-4-7-8-16(20)18-17-19(11-5-2)14-10-9-13(21-6-3)12-15(14)22-17/h9-10,12H,4-8,11H2,1-3H3. The number of aryl methyl sites for hydroxylation is 1. The van der Waals surface area contributed by atoms with Gasteiger partial charge in [0, 0.05) is 13.0 Å². The first-order chi connectivity index (χ1) is 10.7. The normalized spacial score (nSPS) is 12.0. The number of hydrogen-bond acceptors (Lipinski definition) is 3. The molecule has 5 heteroatoms. The Labute approximate surface area is 135 Å². The highest BCUT2D eigenvalue weighted by Gasteiger charge is 2.08. The summed E-state index contributed by atoms with van der Waals surface area (Å²) in [7, 11) is 0. The molecule has 0 bridgehead atoms. The second-order valence-electron chi connectivity index (χ2n) is 5.21. The van der Waals surface area contributed by atoms with Gasteiger partial charge in [0.05, 0.1) is 16.8 Å². The van der Waals surface area contributed by atoms with Gasteiger partial charge in [0.2, 0.25) is 5.91 Å². The molecule has 0 saturated heterocycles. The molecule has 0 fully saturated rings. The number of rotatable bonds is 7. The van der Waals surface area contributed by atoms with E-state index >= 15 is 0 Å². The molecule has 0 radical (unpaired) electrons. The van der Waals surface area contributed by atoms with Gasteiger partial charge in [-0.1, -0.05) is 31.6 Å². The van der Waals surface area contributed by atoms with Gasteiger partial charge in [0.25, 0.3) is 0 Å². The number of hydrogen-bond donors (Lipinski definition) is 0. The molecule has 0 atom stereocenters. The molecule has 0 saturated carbocycles. The van der Waals surface area contributed by atoms with Crippen LogP contribution in [0.5, 0.6) is 5.75 Å². The van der Waals surface area contributed by atoms with Crippen molar-refractivity contribution in [3.63, 3.8) is 0 Å². The summed E-state index contributed by atoms with van der Waals surface area (Å²) in [6.45, 7) is 7.71. The first-order valence-corrected chi connectivity index (χ1v) is 8.85. The molecule has 1 aromatic carbocycles. The molecule has 22 heavy (non-hydrogen) atoms. The van der Waals surface area contributed by atoms with Crippen LogP contribution >= 0.6 is 11.3 Å². The van der Waals surface area contributed by atoms with Crippen LogP contribution in [-0.4, -0.2) is 17.1 Å². The van der Waals surface area contributed by atoms with Crippen LogP contribution in [0.2, 0.25) is 0 Å². The van der Waals surface area contributed by atoms with Gasteiger partial charge in [0.1, 0.15) is 5.75 Å². The summed E-state index contributed by atoms with van der Waals surface area (Å²) in [5.41, 5.74) is 1.12. The highest BCUT2D eigenvalue weighted by Crippen LogP contribution is 2.23. The van der Waals surface area contributed by atoms with E-state index in [0.717, 1.165) is 46.6 Å². The molecule has 0 aliphatic carbocycles. The van der Waals surface area contributed by atoms with Gasteiger partial charge in [-0.2, -0.15) is 4.99 Å². The number of carbonyl (C=O) groups excluding carboxylic acids is 1. The number of benzene rings is 1. The van der Waals surface area contributed by atoms with Crippen molar-refractivity contribution < 1.29 is 9.53 Å². The van der Waals surface area contributed by atoms with Gasteiger partial charge in [-0.25, -0.2) is 0 Å². The van der Waals surface area contributed by atoms with E-state index in [-0.39, 0.29) is 5.91 Å². The molecular weight excluding hydrogens is 296 g/mol. The lowest BCUT2D eigenvalue weighted by molar-refractivity contribution is -0.118. The molecule has 1 aromatic heterocycles. The van der Waals surface area contributed by atoms with E-state index in [2.05, 4.69) is 29.5 Å². The molecule has 0 unspecified atom stereocenters. The van der Waals surface area contributed by atoms with Crippen molar-refractivity contribution in [2.75, 3.05) is 6.61 Å². The summed E-state index contributed by atoms with van der Waals surface area (Å²) in [4.78, 5) is 17.1. The highest BCUT2D eigenvalue weighted by molar-refractivity contribution is 7.16. The molecule has 4 nitrogen and oxygen atoms in total. The van der Waals surface area contributed by atoms with Crippen molar-refractivity contribution in [2.24, 2.45) is 4.99 Å². The van der Waals surface area contributed by atoms with Crippen LogP contribution in [-0.2, 0) is 11.3 Å². The third-order valence-electron chi connectivity index (χ3n) is 3.38. The van der Waals surface area contributed by atoms with Crippen LogP contribution in [0.25, 0.3) is 10.2 Å². The molecule has 2 aromatic rings. The SMILES string of the molecule is CCCCC(=O)N=c1sc2cc(OCC)ccc2n1CCC. The summed E-state index contributed by atoms with van der Waals surface area (Å²) in [5, 5.41) is 0. The molecular formula is C17H24N2O2S. The molecule has 0 aliphatic heterocycles. The van der Waals surface area contributed by atoms with Crippen LogP contribution in [0.1, 0.15) is 46.5 Å². The second-order valence-corrected chi connectivity index (χ2v) is 6.22. The Hall–Kier alpha value is -1.62. The molecule has 0 aliphatic rings. The largest absolute Gasteiger partial charge is 0.494 e. The maximum absolute atomic E-state index is 12.0. The first-order valence-electron chi connectivity index (χ1n) is 8.03. The summed E-state index contributed by atoms with van der Waals surface area (Å²) < 4.78 is 8.81. The molecule has 2 rings (SSSR count). The van der Waals surface area contributed by atoms with Crippen LogP contribution in [0.15, 0.2) is 23.2 Å². The Morgan fingerprint density at radius 1 is 1.27 bits per heavy atom. The smallest absolute Gasteiger partial charge is 0.248 e. The molecule has 1 heterocycles. The minimum absolute atomic E-state index is 0.0247. The zero-order chi connectivity index (χ0) is 15.9. The number of aromatic nitrogens is 1. The summed E-state index contributed by atoms with van der Waals surface area (Å²) in [6, 6.07) is 6.07. The lowest BCUT2D eigenvalue weighted by atomic mass is 10.2. The van der Waals surface area contributed by atoms with E-state index in [0.29, 0.717) is 13.0 Å². The van der Waals surface area contributed by atoms with Crippen molar-refractivity contribution in [3.05, 3.63) is 23.0 Å². The summed E-state index contributed by atoms with van der Waals surface area (Å²) >= 11 is 1.56. The minimum atomic E-state index is -0.0247. The molecule has 0 N–H and O–H groups in total. The van der Waals surface area contributed by atoms with Crippen LogP contribution in [0, 0.1) is 0 Å². The van der Waals surface area contributed by atoms with Crippen molar-refractivity contribution in [2.45, 2.75) is 53.0 Å². The van der Waals surface area contributed by atoms with Gasteiger partial charge < -0.3 is 9.30 Å². The van der Waals surface area contributed by atoms with Crippen LogP contribution in [0.4, 0.5) is 0 Å². The Morgan fingerprint density at radius 2 is 2.09 bits per heavy atom. The van der Waals surface area contributed by atoms with E-state index in [4.69, 9.17) is 4.74 Å². The Kier molecular flexibility index (Phi) is 6.19. The predicted molar refractivity (Wildman–Crippen MR) is 91.4 cm³/mol. The lowest BCUT2D eigenvalue weighted by Gasteiger charge is -2.04. The average Bonchev–Trinajstić information content (AvgIpc) is 2.83. The number of carbonyl (C=O) groups is 1. The van der Waals surface area contributed by atoms with E-state index < -0.39 is 0 Å². The fourth-order valence-electron chi connectivity index (χ4n) is 2.33. The summed E-state index contributed by atoms with van der Waals surface area (Å²) in [5.74, 6) is 0.840. The number of fused-ring (bicyclic) bond motifs is 1. The summed E-state index contributed by atoms with van der Waals surface area (Å²) in [6.07, 6.45) is 3.45. The maximum atomic E-state index is 12.0. The van der Waals surface area contributed by atoms with Crippen LogP contribution in [0.3, 0.4) is 0 Å². The predicted octanol–water partition coefficient (Wildman–Crippen LogP) is 4.13.